The molecule has 0 spiro atoms. The summed E-state index contributed by atoms with van der Waals surface area (Å²) in [6.07, 6.45) is 5.88. The van der Waals surface area contributed by atoms with E-state index in [9.17, 15) is 0 Å². The first kappa shape index (κ1) is 52.6. The zero-order chi connectivity index (χ0) is 21.4. The normalized spacial score (nSPS) is 19.3. The summed E-state index contributed by atoms with van der Waals surface area (Å²) in [6.45, 7) is 16.2. The second-order valence-corrected chi connectivity index (χ2v) is 30.7. The molecule has 0 aromatic rings. The summed E-state index contributed by atoms with van der Waals surface area (Å²) in [7, 11) is -2.46. The fraction of sp³-hybridized carbons (Fsp3) is 0.941. The Balaban J connectivity index is -0.0000000450. The minimum Gasteiger partial charge on any atom is -1.00 e. The molecule has 0 saturated carbocycles. The van der Waals surface area contributed by atoms with Gasteiger partial charge in [0.25, 0.3) is 0 Å². The van der Waals surface area contributed by atoms with Crippen LogP contribution in [0, 0.1) is 6.04 Å². The molecule has 30 heavy (non-hydrogen) atoms. The third-order valence-corrected chi connectivity index (χ3v) is 18.1. The van der Waals surface area contributed by atoms with Gasteiger partial charge in [0, 0.05) is 90.4 Å². The Bertz CT molecular complexity index is 323. The van der Waals surface area contributed by atoms with Gasteiger partial charge in [-0.05, 0) is 6.42 Å². The Kier molecular flexibility index (Phi) is 55.2. The van der Waals surface area contributed by atoms with Gasteiger partial charge >= 0.3 is 18.9 Å². The van der Waals surface area contributed by atoms with Crippen molar-refractivity contribution in [3.63, 3.8) is 0 Å². The van der Waals surface area contributed by atoms with Crippen LogP contribution in [0.3, 0.4) is 0 Å². The fourth-order valence-corrected chi connectivity index (χ4v) is 8.53. The smallest absolute Gasteiger partial charge is 1.00 e. The molecule has 2 saturated heterocycles. The van der Waals surface area contributed by atoms with E-state index in [1.807, 2.05) is 0 Å². The molecule has 13 heteroatoms. The Hall–Kier alpha value is 6.22. The van der Waals surface area contributed by atoms with E-state index in [2.05, 4.69) is 144 Å². The summed E-state index contributed by atoms with van der Waals surface area (Å²) >= 11 is 18.9. The molecule has 2 fully saturated rings. The molecule has 2 heterocycles. The largest absolute Gasteiger partial charge is 1.00 e. The van der Waals surface area contributed by atoms with E-state index in [4.69, 9.17) is 11.1 Å². The van der Waals surface area contributed by atoms with E-state index in [-0.39, 0.29) is 70.2 Å². The Morgan fingerprint density at radius 1 is 0.967 bits per heavy atom. The molecule has 0 aromatic heterocycles. The number of rotatable bonds is 1. The van der Waals surface area contributed by atoms with Gasteiger partial charge in [-0.25, -0.2) is 0 Å². The van der Waals surface area contributed by atoms with Crippen molar-refractivity contribution in [1.82, 2.24) is 0 Å². The summed E-state index contributed by atoms with van der Waals surface area (Å²) < 4.78 is 1.07. The molecule has 0 radical (unpaired) electrons. The third kappa shape index (κ3) is 44.2. The van der Waals surface area contributed by atoms with Gasteiger partial charge in [0.2, 0.25) is 0 Å². The van der Waals surface area contributed by atoms with Crippen LogP contribution in [0.2, 0.25) is 57.9 Å². The molecular formula is C17H39Br2Cl2I3LiSi3Zn2-. The molecule has 1 atom stereocenters. The van der Waals surface area contributed by atoms with Gasteiger partial charge in [-0.1, -0.05) is 133 Å². The molecule has 0 aliphatic carbocycles. The van der Waals surface area contributed by atoms with Gasteiger partial charge in [0.15, 0.2) is 0 Å². The molecule has 0 nitrogen and oxygen atoms in total. The molecule has 2 aliphatic rings. The number of halogens is 7. The van der Waals surface area contributed by atoms with E-state index in [1.54, 1.807) is 6.04 Å². The minimum atomic E-state index is -1.14. The first-order chi connectivity index (χ1) is 11.7. The first-order valence-electron chi connectivity index (χ1n) is 9.19. The second-order valence-electron chi connectivity index (χ2n) is 8.88. The molecular weight excluding hydrogens is 1040 g/mol. The summed E-state index contributed by atoms with van der Waals surface area (Å²) in [5, 5.41) is 2.10. The molecule has 2 rings (SSSR count). The van der Waals surface area contributed by atoms with Crippen molar-refractivity contribution in [2.45, 2.75) is 87.1 Å². The van der Waals surface area contributed by atoms with Gasteiger partial charge in [-0.15, -0.1) is 0 Å². The second kappa shape index (κ2) is 31.4. The van der Waals surface area contributed by atoms with Crippen LogP contribution < -0.4 is 31.3 Å². The van der Waals surface area contributed by atoms with Gasteiger partial charge in [0.05, 0.1) is 8.07 Å². The fourth-order valence-electron chi connectivity index (χ4n) is 2.44. The maximum atomic E-state index is 5.67. The Morgan fingerprint density at radius 2 is 1.33 bits per heavy atom. The van der Waals surface area contributed by atoms with Crippen molar-refractivity contribution in [2.24, 2.45) is 0 Å². The van der Waals surface area contributed by atoms with E-state index in [0.29, 0.717) is 0 Å². The summed E-state index contributed by atoms with van der Waals surface area (Å²) in [4.78, 5) is 0. The van der Waals surface area contributed by atoms with E-state index < -0.39 is 23.5 Å². The standard InChI is InChI=1S/C6H13ISi.C6H13Si.C3H9ClSi.C2H4Br2.ClH.I2.Li.2Zn/c1-8(2)5-3-4-6(8)7;1-7(2)5-3-4-6-7;1-5(2,3)4;3-1-2-4;;1-2;;;/h6H,3-5H2,1-2H3;5H,3-4,6H2,1-2H3;1-3H3;1-2H2;1H;;;;/q;-1;;;;;+1;;/p-1. The molecule has 0 amide bonds. The monoisotopic (exact) mass is 1070 g/mol. The van der Waals surface area contributed by atoms with Crippen molar-refractivity contribution < 1.29 is 70.2 Å². The van der Waals surface area contributed by atoms with Crippen LogP contribution in [0.5, 0.6) is 0 Å². The van der Waals surface area contributed by atoms with E-state index in [1.165, 1.54) is 31.7 Å². The third-order valence-electron chi connectivity index (χ3n) is 3.92. The predicted octanol–water partition coefficient (Wildman–Crippen LogP) is 4.67. The van der Waals surface area contributed by atoms with Gasteiger partial charge in [-0.3, -0.25) is 0 Å². The maximum absolute atomic E-state index is 5.67. The first-order valence-corrected chi connectivity index (χ1v) is 30.0. The molecule has 174 valence electrons. The van der Waals surface area contributed by atoms with Crippen LogP contribution in [0.25, 0.3) is 0 Å². The summed E-state index contributed by atoms with van der Waals surface area (Å²) in [5.41, 5.74) is 0. The zero-order valence-corrected chi connectivity index (χ0v) is 40.5. The van der Waals surface area contributed by atoms with E-state index >= 15 is 0 Å². The average molecular weight is 1080 g/mol. The number of hydrogen-bond donors (Lipinski definition) is 0. The van der Waals surface area contributed by atoms with Gasteiger partial charge in [-0.2, -0.15) is 17.5 Å². The van der Waals surface area contributed by atoms with Crippen molar-refractivity contribution in [1.29, 1.82) is 0 Å². The predicted molar refractivity (Wildman–Crippen MR) is 170 cm³/mol. The van der Waals surface area contributed by atoms with Crippen molar-refractivity contribution in [3.05, 3.63) is 6.04 Å². The van der Waals surface area contributed by atoms with Crippen LogP contribution in [0.15, 0.2) is 0 Å². The average Bonchev–Trinajstić information content (AvgIpc) is 3.05. The minimum absolute atomic E-state index is 0. The summed E-state index contributed by atoms with van der Waals surface area (Å²) in [6, 6.07) is 5.67. The van der Waals surface area contributed by atoms with Gasteiger partial charge in [0.1, 0.15) is 7.38 Å². The van der Waals surface area contributed by atoms with Crippen LogP contribution in [-0.2, 0) is 39.0 Å². The molecule has 1 unspecified atom stereocenters. The maximum Gasteiger partial charge on any atom is 1.00 e. The van der Waals surface area contributed by atoms with Gasteiger partial charge < -0.3 is 18.5 Å². The molecule has 0 bridgehead atoms. The number of hydrogen-bond acceptors (Lipinski definition) is 0. The van der Waals surface area contributed by atoms with Crippen LogP contribution in [-0.4, -0.2) is 37.7 Å². The Labute approximate surface area is 295 Å². The van der Waals surface area contributed by atoms with Crippen molar-refractivity contribution >= 4 is 126 Å². The molecule has 2 aliphatic heterocycles. The van der Waals surface area contributed by atoms with Crippen molar-refractivity contribution in [2.75, 3.05) is 10.7 Å². The van der Waals surface area contributed by atoms with Crippen LogP contribution in [0.4, 0.5) is 0 Å². The summed E-state index contributed by atoms with van der Waals surface area (Å²) in [5.74, 6) is 0. The zero-order valence-electron chi connectivity index (χ0n) is 20.4. The van der Waals surface area contributed by atoms with Crippen LogP contribution >= 0.6 is 103 Å². The van der Waals surface area contributed by atoms with Crippen LogP contribution in [0.1, 0.15) is 25.7 Å². The van der Waals surface area contributed by atoms with Crippen molar-refractivity contribution in [3.8, 4) is 0 Å². The SMILES string of the molecule is BrCCBr.C[Si](C)(C)Cl.C[Si]1(C)CCCC1I.C[Si]1(C)[CH-]CCC1.II.[Cl-].[Li+].[Zn].[Zn]. The Morgan fingerprint density at radius 3 is 1.40 bits per heavy atom. The number of alkyl halides is 3. The molecule has 0 aromatic carbocycles. The topological polar surface area (TPSA) is 0 Å². The quantitative estimate of drug-likeness (QED) is 0.118. The van der Waals surface area contributed by atoms with E-state index in [0.717, 1.165) is 14.2 Å². The molecule has 0 N–H and O–H groups in total.